The van der Waals surface area contributed by atoms with Crippen LogP contribution in [0, 0.1) is 6.92 Å². The zero-order valence-corrected chi connectivity index (χ0v) is 11.8. The van der Waals surface area contributed by atoms with E-state index in [0.717, 1.165) is 12.8 Å². The maximum absolute atomic E-state index is 11.5. The van der Waals surface area contributed by atoms with Crippen LogP contribution in [0.15, 0.2) is 30.5 Å². The number of nitrogens with one attached hydrogen (secondary N) is 1. The van der Waals surface area contributed by atoms with Crippen molar-refractivity contribution in [3.05, 3.63) is 36.0 Å². The first kappa shape index (κ1) is 13.2. The Balaban J connectivity index is 1.68. The molecule has 0 aliphatic heterocycles. The van der Waals surface area contributed by atoms with Gasteiger partial charge in [-0.3, -0.25) is 4.79 Å². The lowest BCUT2D eigenvalue weighted by atomic mass is 9.86. The van der Waals surface area contributed by atoms with Crippen LogP contribution in [0.25, 0.3) is 10.9 Å². The van der Waals surface area contributed by atoms with E-state index in [9.17, 15) is 4.79 Å². The third kappa shape index (κ3) is 2.31. The fourth-order valence-corrected chi connectivity index (χ4v) is 3.07. The van der Waals surface area contributed by atoms with Gasteiger partial charge >= 0.3 is 0 Å². The molecule has 1 fully saturated rings. The van der Waals surface area contributed by atoms with E-state index in [0.29, 0.717) is 25.0 Å². The smallest absolute Gasteiger partial charge is 0.221 e. The van der Waals surface area contributed by atoms with Gasteiger partial charge in [0.15, 0.2) is 0 Å². The van der Waals surface area contributed by atoms with Crippen molar-refractivity contribution in [3.8, 4) is 0 Å². The molecule has 4 nitrogen and oxygen atoms in total. The molecule has 0 atom stereocenters. The molecule has 1 aromatic heterocycles. The molecule has 2 aromatic rings. The van der Waals surface area contributed by atoms with Crippen LogP contribution >= 0.6 is 0 Å². The Morgan fingerprint density at radius 2 is 2.20 bits per heavy atom. The normalized spacial score (nSPS) is 21.7. The average Bonchev–Trinajstić information content (AvgIpc) is 2.78. The van der Waals surface area contributed by atoms with E-state index < -0.39 is 0 Å². The maximum Gasteiger partial charge on any atom is 0.221 e. The highest BCUT2D eigenvalue weighted by Crippen LogP contribution is 2.36. The van der Waals surface area contributed by atoms with Gasteiger partial charge in [-0.2, -0.15) is 0 Å². The molecule has 3 rings (SSSR count). The number of benzene rings is 1. The van der Waals surface area contributed by atoms with Gasteiger partial charge in [0.1, 0.15) is 0 Å². The first-order valence-electron chi connectivity index (χ1n) is 7.24. The summed E-state index contributed by atoms with van der Waals surface area (Å²) in [7, 11) is 0. The predicted octanol–water partition coefficient (Wildman–Crippen LogP) is 2.12. The lowest BCUT2D eigenvalue weighted by Gasteiger charge is -2.37. The quantitative estimate of drug-likeness (QED) is 0.895. The van der Waals surface area contributed by atoms with Crippen molar-refractivity contribution >= 4 is 16.8 Å². The summed E-state index contributed by atoms with van der Waals surface area (Å²) in [6.07, 6.45) is 4.61. The van der Waals surface area contributed by atoms with Crippen molar-refractivity contribution in [1.82, 2.24) is 9.88 Å². The summed E-state index contributed by atoms with van der Waals surface area (Å²) in [6, 6.07) is 9.37. The summed E-state index contributed by atoms with van der Waals surface area (Å²) >= 11 is 0. The van der Waals surface area contributed by atoms with Crippen LogP contribution in [0.3, 0.4) is 0 Å². The first-order valence-corrected chi connectivity index (χ1v) is 7.24. The molecule has 0 saturated heterocycles. The number of rotatable bonds is 4. The van der Waals surface area contributed by atoms with Gasteiger partial charge in [0, 0.05) is 31.2 Å². The van der Waals surface area contributed by atoms with Crippen LogP contribution in [0.5, 0.6) is 0 Å². The Morgan fingerprint density at radius 3 is 2.95 bits per heavy atom. The van der Waals surface area contributed by atoms with Gasteiger partial charge in [-0.25, -0.2) is 0 Å². The van der Waals surface area contributed by atoms with E-state index in [4.69, 9.17) is 5.73 Å². The van der Waals surface area contributed by atoms with Crippen molar-refractivity contribution in [2.24, 2.45) is 5.73 Å². The van der Waals surface area contributed by atoms with Crippen molar-refractivity contribution < 1.29 is 4.79 Å². The molecule has 1 heterocycles. The van der Waals surface area contributed by atoms with Gasteiger partial charge in [-0.1, -0.05) is 18.2 Å². The van der Waals surface area contributed by atoms with E-state index in [-0.39, 0.29) is 5.91 Å². The molecule has 0 unspecified atom stereocenters. The summed E-state index contributed by atoms with van der Waals surface area (Å²) in [6.45, 7) is 2.57. The number of amides is 1. The van der Waals surface area contributed by atoms with Crippen LogP contribution in [0.2, 0.25) is 0 Å². The number of para-hydroxylation sites is 1. The minimum atomic E-state index is 0.0736. The number of hydrogen-bond acceptors (Lipinski definition) is 2. The molecule has 1 aliphatic rings. The second-order valence-electron chi connectivity index (χ2n) is 5.66. The minimum Gasteiger partial charge on any atom is -0.353 e. The molecule has 1 saturated carbocycles. The Kier molecular flexibility index (Phi) is 3.49. The first-order chi connectivity index (χ1) is 9.69. The second kappa shape index (κ2) is 5.29. The average molecular weight is 271 g/mol. The summed E-state index contributed by atoms with van der Waals surface area (Å²) in [5.41, 5.74) is 8.01. The summed E-state index contributed by atoms with van der Waals surface area (Å²) < 4.78 is 2.36. The van der Waals surface area contributed by atoms with Crippen molar-refractivity contribution in [3.63, 3.8) is 0 Å². The molecular weight excluding hydrogens is 250 g/mol. The van der Waals surface area contributed by atoms with E-state index >= 15 is 0 Å². The number of aryl methyl sites for hydroxylation is 1. The van der Waals surface area contributed by atoms with Crippen LogP contribution in [-0.2, 0) is 4.79 Å². The molecule has 0 bridgehead atoms. The molecule has 1 aromatic carbocycles. The lowest BCUT2D eigenvalue weighted by Crippen LogP contribution is -2.45. The molecule has 1 aliphatic carbocycles. The number of hydrogen-bond donors (Lipinski definition) is 2. The van der Waals surface area contributed by atoms with Gasteiger partial charge in [0.05, 0.1) is 5.52 Å². The molecule has 4 heteroatoms. The van der Waals surface area contributed by atoms with Crippen LogP contribution in [-0.4, -0.2) is 23.1 Å². The fourth-order valence-electron chi connectivity index (χ4n) is 3.07. The zero-order chi connectivity index (χ0) is 14.1. The SMILES string of the molecule is Cc1cccc2ccn(C3CC(NC(=O)CCN)C3)c12. The van der Waals surface area contributed by atoms with Crippen LogP contribution in [0.1, 0.15) is 30.9 Å². The van der Waals surface area contributed by atoms with Crippen LogP contribution in [0.4, 0.5) is 0 Å². The number of nitrogens with zero attached hydrogens (tertiary/aromatic N) is 1. The molecular formula is C16H21N3O. The molecule has 3 N–H and O–H groups in total. The molecule has 0 spiro atoms. The number of nitrogens with two attached hydrogens (primary N) is 1. The van der Waals surface area contributed by atoms with E-state index in [1.54, 1.807) is 0 Å². The highest BCUT2D eigenvalue weighted by Gasteiger charge is 2.31. The van der Waals surface area contributed by atoms with Gasteiger partial charge < -0.3 is 15.6 Å². The van der Waals surface area contributed by atoms with Crippen molar-refractivity contribution in [2.45, 2.75) is 38.3 Å². The number of carbonyl (C=O) groups is 1. The highest BCUT2D eigenvalue weighted by molar-refractivity contribution is 5.83. The molecule has 1 amide bonds. The molecule has 20 heavy (non-hydrogen) atoms. The maximum atomic E-state index is 11.5. The van der Waals surface area contributed by atoms with E-state index in [2.05, 4.69) is 47.3 Å². The minimum absolute atomic E-state index is 0.0736. The largest absolute Gasteiger partial charge is 0.353 e. The predicted molar refractivity (Wildman–Crippen MR) is 80.5 cm³/mol. The Morgan fingerprint density at radius 1 is 1.40 bits per heavy atom. The second-order valence-corrected chi connectivity index (χ2v) is 5.66. The Bertz CT molecular complexity index is 626. The van der Waals surface area contributed by atoms with Crippen LogP contribution < -0.4 is 11.1 Å². The van der Waals surface area contributed by atoms with Crippen molar-refractivity contribution in [2.75, 3.05) is 6.54 Å². The van der Waals surface area contributed by atoms with Gasteiger partial charge in [-0.15, -0.1) is 0 Å². The Hall–Kier alpha value is -1.81. The molecule has 0 radical (unpaired) electrons. The number of carbonyl (C=O) groups excluding carboxylic acids is 1. The monoisotopic (exact) mass is 271 g/mol. The van der Waals surface area contributed by atoms with Gasteiger partial charge in [0.2, 0.25) is 5.91 Å². The van der Waals surface area contributed by atoms with E-state index in [1.165, 1.54) is 16.5 Å². The summed E-state index contributed by atoms with van der Waals surface area (Å²) in [5, 5.41) is 4.33. The topological polar surface area (TPSA) is 60.0 Å². The number of aromatic nitrogens is 1. The molecule has 106 valence electrons. The third-order valence-corrected chi connectivity index (χ3v) is 4.18. The highest BCUT2D eigenvalue weighted by atomic mass is 16.1. The fraction of sp³-hybridized carbons (Fsp3) is 0.438. The van der Waals surface area contributed by atoms with E-state index in [1.807, 2.05) is 0 Å². The van der Waals surface area contributed by atoms with Gasteiger partial charge in [-0.05, 0) is 36.8 Å². The lowest BCUT2D eigenvalue weighted by molar-refractivity contribution is -0.122. The summed E-state index contributed by atoms with van der Waals surface area (Å²) in [5.74, 6) is 0.0736. The number of fused-ring (bicyclic) bond motifs is 1. The van der Waals surface area contributed by atoms with Gasteiger partial charge in [0.25, 0.3) is 0 Å². The standard InChI is InChI=1S/C16H21N3O/c1-11-3-2-4-12-6-8-19(16(11)12)14-9-13(10-14)18-15(20)5-7-17/h2-4,6,8,13-14H,5,7,9-10,17H2,1H3,(H,18,20). The third-order valence-electron chi connectivity index (χ3n) is 4.18. The summed E-state index contributed by atoms with van der Waals surface area (Å²) in [4.78, 5) is 11.5. The Labute approximate surface area is 118 Å². The van der Waals surface area contributed by atoms with Crippen molar-refractivity contribution in [1.29, 1.82) is 0 Å². The zero-order valence-electron chi connectivity index (χ0n) is 11.8.